The molecule has 1 aliphatic heterocycles. The second-order valence-electron chi connectivity index (χ2n) is 5.49. The summed E-state index contributed by atoms with van der Waals surface area (Å²) in [6.07, 6.45) is 0.120. The van der Waals surface area contributed by atoms with Crippen molar-refractivity contribution in [2.24, 2.45) is 0 Å². The maximum atomic E-state index is 5.91. The molecule has 0 aliphatic carbocycles. The van der Waals surface area contributed by atoms with Crippen molar-refractivity contribution in [3.8, 4) is 5.75 Å². The van der Waals surface area contributed by atoms with E-state index in [-0.39, 0.29) is 6.10 Å². The Morgan fingerprint density at radius 3 is 2.32 bits per heavy atom. The Balaban J connectivity index is 2.07. The van der Waals surface area contributed by atoms with Crippen molar-refractivity contribution >= 4 is 22.4 Å². The van der Waals surface area contributed by atoms with Crippen molar-refractivity contribution in [1.82, 2.24) is 9.27 Å². The van der Waals surface area contributed by atoms with Crippen LogP contribution >= 0.6 is 11.5 Å². The van der Waals surface area contributed by atoms with Crippen LogP contribution in [0.15, 0.2) is 0 Å². The van der Waals surface area contributed by atoms with E-state index in [0.29, 0.717) is 11.9 Å². The monoisotopic (exact) mass is 284 g/mol. The van der Waals surface area contributed by atoms with Crippen molar-refractivity contribution in [3.05, 3.63) is 0 Å². The second kappa shape index (κ2) is 5.96. The zero-order valence-corrected chi connectivity index (χ0v) is 13.0. The summed E-state index contributed by atoms with van der Waals surface area (Å²) in [5.74, 6) is 1.28. The van der Waals surface area contributed by atoms with Gasteiger partial charge in [0.1, 0.15) is 0 Å². The number of hydrogen-bond donors (Lipinski definition) is 1. The van der Waals surface area contributed by atoms with Crippen LogP contribution in [-0.4, -0.2) is 47.6 Å². The van der Waals surface area contributed by atoms with E-state index in [9.17, 15) is 0 Å². The van der Waals surface area contributed by atoms with Gasteiger partial charge in [0, 0.05) is 32.2 Å². The molecule has 0 radical (unpaired) electrons. The lowest BCUT2D eigenvalue weighted by Crippen LogP contribution is -2.48. The summed E-state index contributed by atoms with van der Waals surface area (Å²) in [5.41, 5.74) is 5.91. The molecule has 1 fully saturated rings. The predicted molar refractivity (Wildman–Crippen MR) is 81.2 cm³/mol. The third kappa shape index (κ3) is 3.30. The Bertz CT molecular complexity index is 411. The van der Waals surface area contributed by atoms with E-state index in [1.54, 1.807) is 0 Å². The Kier molecular flexibility index (Phi) is 4.52. The van der Waals surface area contributed by atoms with Gasteiger partial charge in [0.2, 0.25) is 0 Å². The highest BCUT2D eigenvalue weighted by Crippen LogP contribution is 2.39. The lowest BCUT2D eigenvalue weighted by atomic mass is 10.2. The number of anilines is 2. The molecule has 1 aliphatic rings. The van der Waals surface area contributed by atoms with Gasteiger partial charge in [-0.1, -0.05) is 0 Å². The van der Waals surface area contributed by atoms with E-state index in [4.69, 9.17) is 10.5 Å². The molecular weight excluding hydrogens is 260 g/mol. The molecule has 0 spiro atoms. The summed E-state index contributed by atoms with van der Waals surface area (Å²) >= 11 is 1.44. The minimum absolute atomic E-state index is 0.120. The van der Waals surface area contributed by atoms with Crippen LogP contribution in [0.25, 0.3) is 0 Å². The minimum Gasteiger partial charge on any atom is -0.484 e. The van der Waals surface area contributed by atoms with Gasteiger partial charge in [0.25, 0.3) is 0 Å². The van der Waals surface area contributed by atoms with E-state index in [1.807, 2.05) is 13.8 Å². The molecule has 19 heavy (non-hydrogen) atoms. The quantitative estimate of drug-likeness (QED) is 0.917. The third-order valence-electron chi connectivity index (χ3n) is 3.34. The molecule has 0 aromatic carbocycles. The Morgan fingerprint density at radius 1 is 1.16 bits per heavy atom. The molecule has 5 nitrogen and oxygen atoms in total. The number of nitrogens with zero attached hydrogens (tertiary/aromatic N) is 3. The first-order chi connectivity index (χ1) is 8.99. The van der Waals surface area contributed by atoms with Gasteiger partial charge in [-0.05, 0) is 39.2 Å². The normalized spacial score (nSPS) is 17.5. The van der Waals surface area contributed by atoms with Crippen LogP contribution in [0, 0.1) is 0 Å². The molecule has 1 aromatic rings. The lowest BCUT2D eigenvalue weighted by molar-refractivity contribution is 0.208. The number of rotatable bonds is 4. The van der Waals surface area contributed by atoms with E-state index >= 15 is 0 Å². The second-order valence-corrected chi connectivity index (χ2v) is 6.24. The molecule has 2 heterocycles. The van der Waals surface area contributed by atoms with Gasteiger partial charge in [-0.3, -0.25) is 4.90 Å². The largest absolute Gasteiger partial charge is 0.484 e. The fourth-order valence-electron chi connectivity index (χ4n) is 2.27. The molecule has 0 saturated carbocycles. The first kappa shape index (κ1) is 14.4. The zero-order chi connectivity index (χ0) is 14.0. The average molecular weight is 284 g/mol. The summed E-state index contributed by atoms with van der Waals surface area (Å²) in [6, 6.07) is 0.611. The highest BCUT2D eigenvalue weighted by molar-refractivity contribution is 7.11. The van der Waals surface area contributed by atoms with Gasteiger partial charge in [0.05, 0.1) is 6.10 Å². The molecule has 2 rings (SSSR count). The SMILES string of the molecule is CC(C)Oc1c(N)nsc1N1CCN(C(C)C)CC1. The van der Waals surface area contributed by atoms with Gasteiger partial charge < -0.3 is 15.4 Å². The van der Waals surface area contributed by atoms with Crippen LogP contribution < -0.4 is 15.4 Å². The fourth-order valence-corrected chi connectivity index (χ4v) is 3.08. The third-order valence-corrected chi connectivity index (χ3v) is 4.25. The van der Waals surface area contributed by atoms with Gasteiger partial charge in [-0.15, -0.1) is 0 Å². The van der Waals surface area contributed by atoms with E-state index in [1.165, 1.54) is 11.5 Å². The summed E-state index contributed by atoms with van der Waals surface area (Å²) in [7, 11) is 0. The Labute approximate surface area is 119 Å². The van der Waals surface area contributed by atoms with Crippen molar-refractivity contribution in [2.45, 2.75) is 39.8 Å². The maximum Gasteiger partial charge on any atom is 0.198 e. The smallest absolute Gasteiger partial charge is 0.198 e. The molecule has 0 bridgehead atoms. The van der Waals surface area contributed by atoms with Crippen molar-refractivity contribution in [2.75, 3.05) is 36.8 Å². The molecule has 0 amide bonds. The van der Waals surface area contributed by atoms with Crippen LogP contribution in [0.3, 0.4) is 0 Å². The van der Waals surface area contributed by atoms with E-state index in [2.05, 4.69) is 28.0 Å². The molecular formula is C13H24N4OS. The Morgan fingerprint density at radius 2 is 1.79 bits per heavy atom. The van der Waals surface area contributed by atoms with Gasteiger partial charge >= 0.3 is 0 Å². The van der Waals surface area contributed by atoms with Gasteiger partial charge in [0.15, 0.2) is 16.6 Å². The summed E-state index contributed by atoms with van der Waals surface area (Å²) < 4.78 is 10.0. The number of nitrogen functional groups attached to an aromatic ring is 1. The van der Waals surface area contributed by atoms with E-state index < -0.39 is 0 Å². The van der Waals surface area contributed by atoms with Crippen molar-refractivity contribution < 1.29 is 4.74 Å². The number of ether oxygens (including phenoxy) is 1. The van der Waals surface area contributed by atoms with Crippen LogP contribution in [0.2, 0.25) is 0 Å². The van der Waals surface area contributed by atoms with Crippen LogP contribution in [0.1, 0.15) is 27.7 Å². The molecule has 0 atom stereocenters. The maximum absolute atomic E-state index is 5.91. The topological polar surface area (TPSA) is 54.6 Å². The number of nitrogens with two attached hydrogens (primary N) is 1. The zero-order valence-electron chi connectivity index (χ0n) is 12.2. The summed E-state index contributed by atoms with van der Waals surface area (Å²) in [5, 5.41) is 1.08. The lowest BCUT2D eigenvalue weighted by Gasteiger charge is -2.37. The minimum atomic E-state index is 0.120. The number of piperazine rings is 1. The highest BCUT2D eigenvalue weighted by atomic mass is 32.1. The van der Waals surface area contributed by atoms with Gasteiger partial charge in [-0.2, -0.15) is 4.37 Å². The van der Waals surface area contributed by atoms with Crippen LogP contribution in [-0.2, 0) is 0 Å². The fraction of sp³-hybridized carbons (Fsp3) is 0.769. The van der Waals surface area contributed by atoms with Gasteiger partial charge in [-0.25, -0.2) is 0 Å². The van der Waals surface area contributed by atoms with Crippen molar-refractivity contribution in [3.63, 3.8) is 0 Å². The predicted octanol–water partition coefficient (Wildman–Crippen LogP) is 2.04. The molecule has 6 heteroatoms. The van der Waals surface area contributed by atoms with Crippen LogP contribution in [0.4, 0.5) is 10.8 Å². The average Bonchev–Trinajstić information content (AvgIpc) is 2.71. The van der Waals surface area contributed by atoms with E-state index in [0.717, 1.165) is 36.9 Å². The summed E-state index contributed by atoms with van der Waals surface area (Å²) in [6.45, 7) is 12.7. The molecule has 1 aromatic heterocycles. The first-order valence-electron chi connectivity index (χ1n) is 6.89. The van der Waals surface area contributed by atoms with Crippen molar-refractivity contribution in [1.29, 1.82) is 0 Å². The first-order valence-corrected chi connectivity index (χ1v) is 7.67. The Hall–Kier alpha value is -1.01. The molecule has 1 saturated heterocycles. The number of aromatic nitrogens is 1. The molecule has 2 N–H and O–H groups in total. The molecule has 108 valence electrons. The highest BCUT2D eigenvalue weighted by Gasteiger charge is 2.25. The summed E-state index contributed by atoms with van der Waals surface area (Å²) in [4.78, 5) is 4.83. The molecule has 0 unspecified atom stereocenters. The standard InChI is InChI=1S/C13H24N4OS/c1-9(2)16-5-7-17(8-6-16)13-11(18-10(3)4)12(14)15-19-13/h9-10H,5-8H2,1-4H3,(H2,14,15). The number of hydrogen-bond acceptors (Lipinski definition) is 6. The van der Waals surface area contributed by atoms with Crippen LogP contribution in [0.5, 0.6) is 5.75 Å².